The first-order valence-corrected chi connectivity index (χ1v) is 3.40. The van der Waals surface area contributed by atoms with Gasteiger partial charge in [0.25, 0.3) is 0 Å². The number of rotatable bonds is 6. The second-order valence-electron chi connectivity index (χ2n) is 2.01. The molecule has 0 aromatic carbocycles. The van der Waals surface area contributed by atoms with Crippen molar-refractivity contribution in [1.82, 2.24) is 4.90 Å². The van der Waals surface area contributed by atoms with E-state index in [2.05, 4.69) is 0 Å². The summed E-state index contributed by atoms with van der Waals surface area (Å²) in [6, 6.07) is 0. The van der Waals surface area contributed by atoms with Gasteiger partial charge < -0.3 is 15.3 Å². The molecule has 6 heteroatoms. The molecule has 3 N–H and O–H groups in total. The van der Waals surface area contributed by atoms with Crippen molar-refractivity contribution in [1.29, 1.82) is 0 Å². The minimum atomic E-state index is 0. The van der Waals surface area contributed by atoms with Crippen molar-refractivity contribution >= 4 is 0 Å². The third kappa shape index (κ3) is 9.70. The smallest absolute Gasteiger partial charge is 0.0558 e. The van der Waals surface area contributed by atoms with Gasteiger partial charge in [-0.05, 0) is 0 Å². The highest BCUT2D eigenvalue weighted by Gasteiger charge is 2.00. The molecule has 0 rings (SSSR count). The first-order valence-electron chi connectivity index (χ1n) is 3.40. The van der Waals surface area contributed by atoms with Crippen LogP contribution in [-0.4, -0.2) is 59.7 Å². The number of hydrogen-bond donors (Lipinski definition) is 3. The fourth-order valence-electron chi connectivity index (χ4n) is 0.760. The summed E-state index contributed by atoms with van der Waals surface area (Å²) in [4.78, 5) is 1.79. The van der Waals surface area contributed by atoms with Gasteiger partial charge in [-0.1, -0.05) is 0 Å². The van der Waals surface area contributed by atoms with Crippen LogP contribution >= 0.6 is 0 Å². The predicted molar refractivity (Wildman–Crippen MR) is 42.7 cm³/mol. The largest absolute Gasteiger partial charge is 0.395 e. The third-order valence-electron chi connectivity index (χ3n) is 1.25. The molecule has 0 saturated carbocycles. The van der Waals surface area contributed by atoms with Crippen molar-refractivity contribution in [3.8, 4) is 0 Å². The Balaban J connectivity index is -0.000000405. The molecule has 0 aliphatic rings. The van der Waals surface area contributed by atoms with Crippen molar-refractivity contribution in [3.05, 3.63) is 0 Å². The average molecular weight is 189 g/mol. The standard InChI is InChI=1S/C6H15NO3.2FH/c8-4-1-7(2-5-9)3-6-10;;/h8-10H,1-6H2;2*1H. The Kier molecular flexibility index (Phi) is 19.6. The molecule has 0 radical (unpaired) electrons. The van der Waals surface area contributed by atoms with Gasteiger partial charge in [-0.25, -0.2) is 0 Å². The van der Waals surface area contributed by atoms with Gasteiger partial charge in [0.05, 0.1) is 19.8 Å². The van der Waals surface area contributed by atoms with E-state index in [0.29, 0.717) is 19.6 Å². The van der Waals surface area contributed by atoms with E-state index in [-0.39, 0.29) is 29.2 Å². The van der Waals surface area contributed by atoms with Gasteiger partial charge in [-0.3, -0.25) is 14.3 Å². The van der Waals surface area contributed by atoms with Crippen molar-refractivity contribution in [3.63, 3.8) is 0 Å². The Bertz CT molecular complexity index is 63.5. The molecule has 0 aromatic rings. The van der Waals surface area contributed by atoms with Crippen LogP contribution in [0.5, 0.6) is 0 Å². The van der Waals surface area contributed by atoms with Crippen LogP contribution in [0.1, 0.15) is 0 Å². The van der Waals surface area contributed by atoms with E-state index >= 15 is 0 Å². The maximum atomic E-state index is 8.48. The van der Waals surface area contributed by atoms with Gasteiger partial charge in [0, 0.05) is 19.6 Å². The van der Waals surface area contributed by atoms with Crippen LogP contribution in [-0.2, 0) is 0 Å². The van der Waals surface area contributed by atoms with Crippen molar-refractivity contribution in [2.75, 3.05) is 39.5 Å². The van der Waals surface area contributed by atoms with Crippen molar-refractivity contribution in [2.24, 2.45) is 0 Å². The monoisotopic (exact) mass is 189 g/mol. The first kappa shape index (κ1) is 17.7. The summed E-state index contributed by atoms with van der Waals surface area (Å²) in [5, 5.41) is 25.5. The summed E-state index contributed by atoms with van der Waals surface area (Å²) < 4.78 is 0. The van der Waals surface area contributed by atoms with Crippen LogP contribution in [0.15, 0.2) is 0 Å². The molecule has 0 aliphatic heterocycles. The van der Waals surface area contributed by atoms with Crippen LogP contribution in [0, 0.1) is 0 Å². The number of hydrogen-bond acceptors (Lipinski definition) is 4. The highest BCUT2D eigenvalue weighted by molar-refractivity contribution is 4.54. The highest BCUT2D eigenvalue weighted by atomic mass is 19.0. The summed E-state index contributed by atoms with van der Waals surface area (Å²) in [6.07, 6.45) is 0. The van der Waals surface area contributed by atoms with E-state index in [1.807, 2.05) is 0 Å². The highest BCUT2D eigenvalue weighted by Crippen LogP contribution is 1.84. The van der Waals surface area contributed by atoms with Crippen LogP contribution in [0.25, 0.3) is 0 Å². The summed E-state index contributed by atoms with van der Waals surface area (Å²) in [6.45, 7) is 1.75. The SMILES string of the molecule is F.F.OCCN(CCO)CCO. The molecule has 0 fully saturated rings. The summed E-state index contributed by atoms with van der Waals surface area (Å²) >= 11 is 0. The van der Waals surface area contributed by atoms with Gasteiger partial charge in [-0.2, -0.15) is 0 Å². The summed E-state index contributed by atoms with van der Waals surface area (Å²) in [5.41, 5.74) is 0. The predicted octanol–water partition coefficient (Wildman–Crippen LogP) is -1.43. The molecule has 4 nitrogen and oxygen atoms in total. The molecule has 0 spiro atoms. The summed E-state index contributed by atoms with van der Waals surface area (Å²) in [5.74, 6) is 0. The van der Waals surface area contributed by atoms with Gasteiger partial charge in [-0.15, -0.1) is 0 Å². The van der Waals surface area contributed by atoms with E-state index in [1.54, 1.807) is 4.90 Å². The van der Waals surface area contributed by atoms with Crippen LogP contribution in [0.4, 0.5) is 9.41 Å². The summed E-state index contributed by atoms with van der Waals surface area (Å²) in [7, 11) is 0. The molecule has 0 bridgehead atoms. The second kappa shape index (κ2) is 13.3. The lowest BCUT2D eigenvalue weighted by atomic mass is 10.4. The number of aliphatic hydroxyl groups excluding tert-OH is 3. The Morgan fingerprint density at radius 3 is 1.08 bits per heavy atom. The van der Waals surface area contributed by atoms with E-state index < -0.39 is 0 Å². The molecule has 0 heterocycles. The van der Waals surface area contributed by atoms with Crippen LogP contribution in [0.2, 0.25) is 0 Å². The van der Waals surface area contributed by atoms with E-state index in [9.17, 15) is 0 Å². The van der Waals surface area contributed by atoms with Gasteiger partial charge >= 0.3 is 0 Å². The number of nitrogens with zero attached hydrogens (tertiary/aromatic N) is 1. The number of aliphatic hydroxyl groups is 3. The topological polar surface area (TPSA) is 63.9 Å². The van der Waals surface area contributed by atoms with Crippen LogP contribution in [0.3, 0.4) is 0 Å². The maximum Gasteiger partial charge on any atom is 0.0558 e. The minimum Gasteiger partial charge on any atom is -0.395 e. The fourth-order valence-corrected chi connectivity index (χ4v) is 0.760. The molecule has 0 atom stereocenters. The first-order chi connectivity index (χ1) is 4.85. The van der Waals surface area contributed by atoms with Gasteiger partial charge in [0.2, 0.25) is 0 Å². The molecule has 12 heavy (non-hydrogen) atoms. The molecule has 0 saturated heterocycles. The quantitative estimate of drug-likeness (QED) is 0.479. The minimum absolute atomic E-state index is 0. The van der Waals surface area contributed by atoms with E-state index in [4.69, 9.17) is 15.3 Å². The van der Waals surface area contributed by atoms with Crippen LogP contribution < -0.4 is 0 Å². The van der Waals surface area contributed by atoms with Crippen molar-refractivity contribution < 1.29 is 24.7 Å². The van der Waals surface area contributed by atoms with E-state index in [0.717, 1.165) is 0 Å². The van der Waals surface area contributed by atoms with Gasteiger partial charge in [0.1, 0.15) is 0 Å². The molecule has 0 aliphatic carbocycles. The van der Waals surface area contributed by atoms with Crippen molar-refractivity contribution in [2.45, 2.75) is 0 Å². The lowest BCUT2D eigenvalue weighted by Crippen LogP contribution is -2.32. The molecular weight excluding hydrogens is 172 g/mol. The maximum absolute atomic E-state index is 8.48. The Labute approximate surface area is 70.2 Å². The number of halogens is 2. The van der Waals surface area contributed by atoms with E-state index in [1.165, 1.54) is 0 Å². The van der Waals surface area contributed by atoms with Gasteiger partial charge in [0.15, 0.2) is 0 Å². The fraction of sp³-hybridized carbons (Fsp3) is 1.00. The second-order valence-corrected chi connectivity index (χ2v) is 2.01. The molecule has 0 amide bonds. The Morgan fingerprint density at radius 2 is 0.917 bits per heavy atom. The normalized spacial score (nSPS) is 9.00. The lowest BCUT2D eigenvalue weighted by Gasteiger charge is -2.17. The zero-order chi connectivity index (χ0) is 7.82. The molecular formula is C6H17F2NO3. The average Bonchev–Trinajstić information content (AvgIpc) is 1.90. The molecule has 78 valence electrons. The zero-order valence-corrected chi connectivity index (χ0v) is 6.85. The Hall–Kier alpha value is -0.300. The molecule has 0 unspecified atom stereocenters. The lowest BCUT2D eigenvalue weighted by molar-refractivity contribution is 0.136. The Morgan fingerprint density at radius 1 is 0.667 bits per heavy atom. The third-order valence-corrected chi connectivity index (χ3v) is 1.25. The zero-order valence-electron chi connectivity index (χ0n) is 6.85. The molecule has 0 aromatic heterocycles.